The Morgan fingerprint density at radius 3 is 2.18 bits per heavy atom. The molecule has 12 aromatic rings. The summed E-state index contributed by atoms with van der Waals surface area (Å²) in [6.07, 6.45) is 8.06. The normalized spacial score (nSPS) is 12.4. The number of allylic oxidation sites excluding steroid dienone is 1. The number of hydrogen-bond donors (Lipinski definition) is 1. The first-order valence-corrected chi connectivity index (χ1v) is 22.0. The van der Waals surface area contributed by atoms with E-state index in [1.54, 1.807) is 12.4 Å². The van der Waals surface area contributed by atoms with E-state index < -0.39 is 0 Å². The number of furan rings is 1. The number of para-hydroxylation sites is 2. The molecule has 1 aliphatic carbocycles. The largest absolute Gasteiger partial charge is 0.443 e. The van der Waals surface area contributed by atoms with Crippen LogP contribution in [0.4, 0.5) is 5.82 Å². The standard InChI is InChI=1S/C55H39N9O3/c1-56-61(2)51-22-20-46(63(51)38-12-7-4-8-13-38)44-16-18-47-53(59-44)54-48(62(47)37-10-5-3-6-11-37)19-21-50(60-54)65-41-29-34-28-36-32-52(67-49(36)31-35(34)30-41)66-40-15-17-45-43(33-40)42-14-9-25-58-55(42)64(45)39-23-26-57-27-24-39/h3-28,30-33,56H,29H2,1-2H3. The third-order valence-corrected chi connectivity index (χ3v) is 12.6. The summed E-state index contributed by atoms with van der Waals surface area (Å²) in [5, 5.41) is 5.00. The van der Waals surface area contributed by atoms with Gasteiger partial charge in [-0.05, 0) is 126 Å². The predicted molar refractivity (Wildman–Crippen MR) is 264 cm³/mol. The van der Waals surface area contributed by atoms with Crippen molar-refractivity contribution in [2.45, 2.75) is 6.42 Å². The number of anilines is 1. The van der Waals surface area contributed by atoms with E-state index in [-0.39, 0.29) is 0 Å². The van der Waals surface area contributed by atoms with Crippen molar-refractivity contribution in [3.05, 3.63) is 193 Å². The number of hydrazine groups is 1. The van der Waals surface area contributed by atoms with E-state index in [4.69, 9.17) is 28.8 Å². The van der Waals surface area contributed by atoms with Gasteiger partial charge >= 0.3 is 0 Å². The molecule has 0 radical (unpaired) electrons. The Morgan fingerprint density at radius 2 is 1.37 bits per heavy atom. The molecule has 0 atom stereocenters. The molecule has 0 saturated carbocycles. The zero-order valence-electron chi connectivity index (χ0n) is 36.3. The van der Waals surface area contributed by atoms with Gasteiger partial charge in [0.25, 0.3) is 5.95 Å². The molecule has 12 nitrogen and oxygen atoms in total. The molecule has 0 fully saturated rings. The van der Waals surface area contributed by atoms with Crippen molar-refractivity contribution < 1.29 is 13.9 Å². The highest BCUT2D eigenvalue weighted by atomic mass is 16.6. The van der Waals surface area contributed by atoms with Crippen LogP contribution in [0.25, 0.3) is 89.5 Å². The number of rotatable bonds is 10. The van der Waals surface area contributed by atoms with E-state index in [1.165, 1.54) is 0 Å². The Bertz CT molecular complexity index is 3910. The van der Waals surface area contributed by atoms with Crippen molar-refractivity contribution in [2.24, 2.45) is 0 Å². The molecule has 8 heterocycles. The minimum Gasteiger partial charge on any atom is -0.443 e. The molecule has 4 aromatic carbocycles. The maximum Gasteiger partial charge on any atom is 0.290 e. The molecule has 67 heavy (non-hydrogen) atoms. The lowest BCUT2D eigenvalue weighted by atomic mass is 10.1. The van der Waals surface area contributed by atoms with Crippen LogP contribution >= 0.6 is 0 Å². The van der Waals surface area contributed by atoms with E-state index in [9.17, 15) is 0 Å². The molecule has 0 aliphatic heterocycles. The Balaban J connectivity index is 0.819. The molecule has 13 rings (SSSR count). The zero-order chi connectivity index (χ0) is 44.6. The van der Waals surface area contributed by atoms with Crippen LogP contribution in [0.1, 0.15) is 11.1 Å². The molecule has 1 aliphatic rings. The summed E-state index contributed by atoms with van der Waals surface area (Å²) in [6.45, 7) is 0. The SMILES string of the molecule is CNN(C)c1ccc(-c2ccc3c(n2)c2nc(OC4=Cc5cc6oc(Oc7ccc8c(c7)c7cccnc7n8-c7ccncc7)cc6cc5C4)ccc2n3-c2ccccc2)n1-c1ccccc1. The highest BCUT2D eigenvalue weighted by molar-refractivity contribution is 6.08. The van der Waals surface area contributed by atoms with E-state index in [2.05, 4.69) is 103 Å². The predicted octanol–water partition coefficient (Wildman–Crippen LogP) is 12.0. The van der Waals surface area contributed by atoms with E-state index >= 15 is 0 Å². The van der Waals surface area contributed by atoms with Gasteiger partial charge in [0, 0.05) is 78.8 Å². The third-order valence-electron chi connectivity index (χ3n) is 12.6. The van der Waals surface area contributed by atoms with Gasteiger partial charge in [-0.25, -0.2) is 20.4 Å². The fraction of sp³-hybridized carbons (Fsp3) is 0.0545. The number of pyridine rings is 4. The first-order valence-electron chi connectivity index (χ1n) is 22.0. The number of hydrogen-bond acceptors (Lipinski definition) is 9. The van der Waals surface area contributed by atoms with E-state index in [1.807, 2.05) is 110 Å². The minimum atomic E-state index is 0.414. The maximum atomic E-state index is 6.60. The molecule has 0 saturated heterocycles. The average Bonchev–Trinajstić information content (AvgIpc) is 4.21. The van der Waals surface area contributed by atoms with Crippen LogP contribution in [0, 0.1) is 0 Å². The monoisotopic (exact) mass is 873 g/mol. The molecule has 0 unspecified atom stereocenters. The first kappa shape index (κ1) is 38.5. The lowest BCUT2D eigenvalue weighted by Crippen LogP contribution is -2.32. The smallest absolute Gasteiger partial charge is 0.290 e. The fourth-order valence-corrected chi connectivity index (χ4v) is 9.46. The highest BCUT2D eigenvalue weighted by Gasteiger charge is 2.23. The van der Waals surface area contributed by atoms with Crippen LogP contribution < -0.4 is 19.9 Å². The van der Waals surface area contributed by atoms with Gasteiger partial charge in [-0.2, -0.15) is 0 Å². The van der Waals surface area contributed by atoms with Crippen LogP contribution in [-0.4, -0.2) is 47.7 Å². The molecular formula is C55H39N9O3. The molecule has 0 amide bonds. The van der Waals surface area contributed by atoms with Gasteiger partial charge in [-0.3, -0.25) is 19.1 Å². The highest BCUT2D eigenvalue weighted by Crippen LogP contribution is 2.40. The summed E-state index contributed by atoms with van der Waals surface area (Å²) in [4.78, 5) is 19.5. The molecule has 12 heteroatoms. The van der Waals surface area contributed by atoms with Gasteiger partial charge in [0.1, 0.15) is 39.6 Å². The molecule has 1 N–H and O–H groups in total. The Labute approximate surface area is 383 Å². The van der Waals surface area contributed by atoms with Crippen LogP contribution in [0.2, 0.25) is 0 Å². The van der Waals surface area contributed by atoms with Crippen LogP contribution in [0.5, 0.6) is 17.6 Å². The van der Waals surface area contributed by atoms with Gasteiger partial charge in [0.15, 0.2) is 0 Å². The van der Waals surface area contributed by atoms with E-state index in [0.29, 0.717) is 24.0 Å². The second-order valence-electron chi connectivity index (χ2n) is 16.5. The Morgan fingerprint density at radius 1 is 0.627 bits per heavy atom. The quantitative estimate of drug-likeness (QED) is 0.134. The van der Waals surface area contributed by atoms with Crippen molar-refractivity contribution >= 4 is 66.9 Å². The summed E-state index contributed by atoms with van der Waals surface area (Å²) >= 11 is 0. The summed E-state index contributed by atoms with van der Waals surface area (Å²) in [5.41, 5.74) is 16.3. The summed E-state index contributed by atoms with van der Waals surface area (Å²) in [7, 11) is 3.91. The van der Waals surface area contributed by atoms with E-state index in [0.717, 1.165) is 106 Å². The van der Waals surface area contributed by atoms with Gasteiger partial charge < -0.3 is 18.5 Å². The number of benzene rings is 4. The minimum absolute atomic E-state index is 0.414. The number of fused-ring (bicyclic) bond motifs is 8. The number of aromatic nitrogens is 7. The van der Waals surface area contributed by atoms with Crippen LogP contribution in [-0.2, 0) is 6.42 Å². The molecular weight excluding hydrogens is 835 g/mol. The first-order chi connectivity index (χ1) is 33.0. The summed E-state index contributed by atoms with van der Waals surface area (Å²) < 4.78 is 25.8. The third kappa shape index (κ3) is 6.41. The average molecular weight is 874 g/mol. The molecule has 8 aromatic heterocycles. The number of ether oxygens (including phenoxy) is 2. The van der Waals surface area contributed by atoms with Crippen molar-refractivity contribution in [1.82, 2.24) is 39.1 Å². The van der Waals surface area contributed by atoms with Crippen molar-refractivity contribution in [1.29, 1.82) is 0 Å². The Hall–Kier alpha value is -9.00. The maximum absolute atomic E-state index is 6.60. The topological polar surface area (TPSA) is 113 Å². The Kier molecular flexibility index (Phi) is 8.80. The van der Waals surface area contributed by atoms with Gasteiger partial charge in [0.05, 0.1) is 33.6 Å². The summed E-state index contributed by atoms with van der Waals surface area (Å²) in [6, 6.07) is 53.3. The fourth-order valence-electron chi connectivity index (χ4n) is 9.46. The molecule has 0 spiro atoms. The zero-order valence-corrected chi connectivity index (χ0v) is 36.3. The van der Waals surface area contributed by atoms with Crippen molar-refractivity contribution in [3.63, 3.8) is 0 Å². The van der Waals surface area contributed by atoms with Gasteiger partial charge in [-0.15, -0.1) is 0 Å². The second-order valence-corrected chi connectivity index (χ2v) is 16.5. The van der Waals surface area contributed by atoms with Crippen LogP contribution in [0.15, 0.2) is 186 Å². The summed E-state index contributed by atoms with van der Waals surface area (Å²) in [5.74, 6) is 3.35. The van der Waals surface area contributed by atoms with Gasteiger partial charge in [-0.1, -0.05) is 36.4 Å². The lowest BCUT2D eigenvalue weighted by Gasteiger charge is -2.21. The van der Waals surface area contributed by atoms with Gasteiger partial charge in [0.2, 0.25) is 5.88 Å². The number of nitrogens with zero attached hydrogens (tertiary/aromatic N) is 8. The van der Waals surface area contributed by atoms with Crippen molar-refractivity contribution in [2.75, 3.05) is 19.1 Å². The number of nitrogens with one attached hydrogen (secondary N) is 1. The second kappa shape index (κ2) is 15.3. The molecule has 322 valence electrons. The van der Waals surface area contributed by atoms with Crippen LogP contribution in [0.3, 0.4) is 0 Å². The van der Waals surface area contributed by atoms with Crippen molar-refractivity contribution in [3.8, 4) is 46.0 Å². The lowest BCUT2D eigenvalue weighted by molar-refractivity contribution is 0.361. The molecule has 0 bridgehead atoms.